The number of ether oxygens (including phenoxy) is 1. The van der Waals surface area contributed by atoms with Gasteiger partial charge in [0, 0.05) is 29.3 Å². The van der Waals surface area contributed by atoms with Gasteiger partial charge in [0.05, 0.1) is 6.04 Å². The summed E-state index contributed by atoms with van der Waals surface area (Å²) >= 11 is 0. The molecule has 3 aliphatic heterocycles. The summed E-state index contributed by atoms with van der Waals surface area (Å²) < 4.78 is 6.10. The van der Waals surface area contributed by atoms with Gasteiger partial charge in [-0.05, 0) is 48.9 Å². The lowest BCUT2D eigenvalue weighted by atomic mass is 9.77. The molecule has 1 aromatic rings. The SMILES string of the molecule is CCCC12OC(=O)C=C1C(C#Cc1ccc(C(C)(C)C)cc1)=CCN1CCCCC12. The molecule has 0 aliphatic carbocycles. The van der Waals surface area contributed by atoms with Gasteiger partial charge in [0.2, 0.25) is 0 Å². The lowest BCUT2D eigenvalue weighted by Crippen LogP contribution is -2.55. The number of carbonyl (C=O) groups excluding carboxylic acids is 1. The second kappa shape index (κ2) is 8.08. The fourth-order valence-corrected chi connectivity index (χ4v) is 5.15. The molecule has 0 radical (unpaired) electrons. The third-order valence-electron chi connectivity index (χ3n) is 6.69. The van der Waals surface area contributed by atoms with Crippen LogP contribution in [0.4, 0.5) is 0 Å². The number of benzene rings is 1. The van der Waals surface area contributed by atoms with Crippen LogP contribution in [-0.4, -0.2) is 35.6 Å². The van der Waals surface area contributed by atoms with Crippen LogP contribution in [0.15, 0.2) is 47.6 Å². The van der Waals surface area contributed by atoms with Crippen LogP contribution in [0, 0.1) is 11.8 Å². The third-order valence-corrected chi connectivity index (χ3v) is 6.69. The van der Waals surface area contributed by atoms with Gasteiger partial charge in [0.15, 0.2) is 5.60 Å². The molecule has 0 amide bonds. The van der Waals surface area contributed by atoms with Crippen LogP contribution >= 0.6 is 0 Å². The summed E-state index contributed by atoms with van der Waals surface area (Å²) in [5, 5.41) is 0. The molecule has 4 rings (SSSR count). The minimum Gasteiger partial charge on any atom is -0.449 e. The molecule has 0 N–H and O–H groups in total. The maximum atomic E-state index is 12.4. The molecule has 3 aliphatic rings. The highest BCUT2D eigenvalue weighted by atomic mass is 16.6. The predicted octanol–water partition coefficient (Wildman–Crippen LogP) is 5.15. The van der Waals surface area contributed by atoms with Gasteiger partial charge in [-0.25, -0.2) is 4.79 Å². The smallest absolute Gasteiger partial charge is 0.332 e. The Labute approximate surface area is 181 Å². The van der Waals surface area contributed by atoms with E-state index in [4.69, 9.17) is 4.74 Å². The average molecular weight is 404 g/mol. The largest absolute Gasteiger partial charge is 0.449 e. The van der Waals surface area contributed by atoms with Crippen molar-refractivity contribution in [1.82, 2.24) is 4.90 Å². The second-order valence-corrected chi connectivity index (χ2v) is 9.82. The summed E-state index contributed by atoms with van der Waals surface area (Å²) in [5.41, 5.74) is 3.86. The topological polar surface area (TPSA) is 29.5 Å². The summed E-state index contributed by atoms with van der Waals surface area (Å²) in [4.78, 5) is 14.9. The Bertz CT molecular complexity index is 936. The highest BCUT2D eigenvalue weighted by molar-refractivity contribution is 5.89. The first kappa shape index (κ1) is 20.9. The van der Waals surface area contributed by atoms with E-state index >= 15 is 0 Å². The lowest BCUT2D eigenvalue weighted by molar-refractivity contribution is -0.153. The van der Waals surface area contributed by atoms with E-state index in [2.05, 4.69) is 74.8 Å². The number of fused-ring (bicyclic) bond motifs is 3. The first-order valence-corrected chi connectivity index (χ1v) is 11.4. The maximum Gasteiger partial charge on any atom is 0.332 e. The van der Waals surface area contributed by atoms with Crippen LogP contribution < -0.4 is 0 Å². The van der Waals surface area contributed by atoms with Crippen molar-refractivity contribution < 1.29 is 9.53 Å². The zero-order valence-corrected chi connectivity index (χ0v) is 18.8. The quantitative estimate of drug-likeness (QED) is 0.505. The summed E-state index contributed by atoms with van der Waals surface area (Å²) in [7, 11) is 0. The molecule has 1 aromatic carbocycles. The van der Waals surface area contributed by atoms with E-state index in [0.717, 1.165) is 49.1 Å². The van der Waals surface area contributed by atoms with Crippen molar-refractivity contribution in [2.75, 3.05) is 13.1 Å². The Hall–Kier alpha value is -2.31. The van der Waals surface area contributed by atoms with Gasteiger partial charge in [-0.15, -0.1) is 0 Å². The van der Waals surface area contributed by atoms with E-state index < -0.39 is 5.60 Å². The summed E-state index contributed by atoms with van der Waals surface area (Å²) in [6, 6.07) is 8.77. The van der Waals surface area contributed by atoms with Crippen molar-refractivity contribution >= 4 is 5.97 Å². The van der Waals surface area contributed by atoms with Gasteiger partial charge >= 0.3 is 5.97 Å². The Morgan fingerprint density at radius 1 is 1.17 bits per heavy atom. The number of rotatable bonds is 2. The predicted molar refractivity (Wildman–Crippen MR) is 121 cm³/mol. The standard InChI is InChI=1S/C27H33NO2/c1-5-16-27-23(19-25(29)30-27)21(15-18-28-17-7-6-8-24(27)28)12-9-20-10-13-22(14-11-20)26(2,3)4/h10-11,13-15,19,24H,5-8,16-18H2,1-4H3. The van der Waals surface area contributed by atoms with Crippen LogP contribution in [0.2, 0.25) is 0 Å². The number of nitrogens with zero attached hydrogens (tertiary/aromatic N) is 1. The molecule has 2 atom stereocenters. The number of piperidine rings is 1. The van der Waals surface area contributed by atoms with Crippen LogP contribution in [0.5, 0.6) is 0 Å². The number of hydrogen-bond donors (Lipinski definition) is 0. The maximum absolute atomic E-state index is 12.4. The van der Waals surface area contributed by atoms with Crippen LogP contribution in [0.1, 0.15) is 70.9 Å². The molecule has 0 saturated carbocycles. The van der Waals surface area contributed by atoms with Crippen molar-refractivity contribution in [2.24, 2.45) is 0 Å². The van der Waals surface area contributed by atoms with E-state index in [9.17, 15) is 4.79 Å². The highest BCUT2D eigenvalue weighted by Gasteiger charge is 2.53. The molecule has 0 bridgehead atoms. The molecule has 0 spiro atoms. The van der Waals surface area contributed by atoms with Crippen molar-refractivity contribution in [3.63, 3.8) is 0 Å². The average Bonchev–Trinajstić information content (AvgIpc) is 2.99. The van der Waals surface area contributed by atoms with Crippen molar-refractivity contribution in [3.05, 3.63) is 58.7 Å². The molecule has 2 unspecified atom stereocenters. The molecule has 158 valence electrons. The van der Waals surface area contributed by atoms with Gasteiger partial charge in [-0.2, -0.15) is 0 Å². The first-order valence-electron chi connectivity index (χ1n) is 11.4. The van der Waals surface area contributed by atoms with Gasteiger partial charge in [-0.3, -0.25) is 4.90 Å². The number of esters is 1. The first-order chi connectivity index (χ1) is 14.3. The minimum absolute atomic E-state index is 0.132. The Kier molecular flexibility index (Phi) is 5.64. The monoisotopic (exact) mass is 403 g/mol. The normalized spacial score (nSPS) is 26.4. The zero-order valence-electron chi connectivity index (χ0n) is 18.8. The number of carbonyl (C=O) groups is 1. The Balaban J connectivity index is 1.70. The van der Waals surface area contributed by atoms with Crippen molar-refractivity contribution in [2.45, 2.75) is 76.9 Å². The van der Waals surface area contributed by atoms with Gasteiger partial charge < -0.3 is 4.74 Å². The minimum atomic E-state index is -0.542. The zero-order chi connectivity index (χ0) is 21.4. The molecule has 3 heteroatoms. The summed E-state index contributed by atoms with van der Waals surface area (Å²) in [6.07, 6.45) is 9.22. The van der Waals surface area contributed by atoms with E-state index in [1.807, 2.05) is 0 Å². The Morgan fingerprint density at radius 3 is 2.63 bits per heavy atom. The third kappa shape index (κ3) is 3.86. The van der Waals surface area contributed by atoms with Crippen LogP contribution in [0.25, 0.3) is 0 Å². The van der Waals surface area contributed by atoms with E-state index in [1.54, 1.807) is 6.08 Å². The molecule has 1 saturated heterocycles. The molecule has 30 heavy (non-hydrogen) atoms. The highest BCUT2D eigenvalue weighted by Crippen LogP contribution is 2.45. The molecule has 3 nitrogen and oxygen atoms in total. The second-order valence-electron chi connectivity index (χ2n) is 9.82. The molecule has 0 aromatic heterocycles. The van der Waals surface area contributed by atoms with Crippen LogP contribution in [-0.2, 0) is 14.9 Å². The fraction of sp³-hybridized carbons (Fsp3) is 0.519. The number of hydrogen-bond acceptors (Lipinski definition) is 3. The van der Waals surface area contributed by atoms with E-state index in [-0.39, 0.29) is 17.4 Å². The fourth-order valence-electron chi connectivity index (χ4n) is 5.15. The van der Waals surface area contributed by atoms with Gasteiger partial charge in [0.25, 0.3) is 0 Å². The van der Waals surface area contributed by atoms with E-state index in [1.165, 1.54) is 18.4 Å². The van der Waals surface area contributed by atoms with Crippen molar-refractivity contribution in [3.8, 4) is 11.8 Å². The lowest BCUT2D eigenvalue weighted by Gasteiger charge is -2.45. The van der Waals surface area contributed by atoms with E-state index in [0.29, 0.717) is 0 Å². The van der Waals surface area contributed by atoms with Gasteiger partial charge in [0.1, 0.15) is 0 Å². The molecule has 3 heterocycles. The van der Waals surface area contributed by atoms with Gasteiger partial charge in [-0.1, -0.05) is 70.6 Å². The Morgan fingerprint density at radius 2 is 1.93 bits per heavy atom. The summed E-state index contributed by atoms with van der Waals surface area (Å²) in [5.74, 6) is 6.53. The summed E-state index contributed by atoms with van der Waals surface area (Å²) in [6.45, 7) is 10.8. The van der Waals surface area contributed by atoms with Crippen molar-refractivity contribution in [1.29, 1.82) is 0 Å². The van der Waals surface area contributed by atoms with Crippen LogP contribution in [0.3, 0.4) is 0 Å². The molecular formula is C27H33NO2. The molecular weight excluding hydrogens is 370 g/mol. The molecule has 1 fully saturated rings.